The highest BCUT2D eigenvalue weighted by atomic mass is 35.5. The fourth-order valence-electron chi connectivity index (χ4n) is 2.48. The van der Waals surface area contributed by atoms with E-state index < -0.39 is 10.8 Å². The summed E-state index contributed by atoms with van der Waals surface area (Å²) < 4.78 is 10.6. The normalized spacial score (nSPS) is 10.4. The molecule has 0 spiro atoms. The third kappa shape index (κ3) is 4.05. The van der Waals surface area contributed by atoms with Crippen molar-refractivity contribution in [3.63, 3.8) is 0 Å². The van der Waals surface area contributed by atoms with Crippen molar-refractivity contribution in [2.45, 2.75) is 0 Å². The average molecular weight is 420 g/mol. The third-order valence-electron chi connectivity index (χ3n) is 3.81. The van der Waals surface area contributed by atoms with E-state index >= 15 is 0 Å². The van der Waals surface area contributed by atoms with E-state index in [0.717, 1.165) is 6.07 Å². The highest BCUT2D eigenvalue weighted by molar-refractivity contribution is 7.14. The number of amides is 1. The first-order chi connectivity index (χ1) is 13.4. The number of ether oxygens (including phenoxy) is 2. The summed E-state index contributed by atoms with van der Waals surface area (Å²) in [4.78, 5) is 27.4. The van der Waals surface area contributed by atoms with Crippen LogP contribution in [0.1, 0.15) is 10.4 Å². The van der Waals surface area contributed by atoms with Gasteiger partial charge in [0.25, 0.3) is 11.6 Å². The standard InChI is InChI=1S/C18H14ClN3O5S/c1-26-11-4-6-16(27-2)13(8-11)14-9-28-18(20-14)21-17(23)12-5-3-10(19)7-15(12)22(24)25/h3-9H,1-2H3,(H,20,21,23). The minimum absolute atomic E-state index is 0.106. The SMILES string of the molecule is COc1ccc(OC)c(-c2csc(NC(=O)c3ccc(Cl)cc3[N+](=O)[O-])n2)c1. The van der Waals surface area contributed by atoms with E-state index in [0.29, 0.717) is 22.8 Å². The first-order valence-electron chi connectivity index (χ1n) is 7.86. The van der Waals surface area contributed by atoms with Crippen LogP contribution in [-0.2, 0) is 0 Å². The molecule has 1 N–H and O–H groups in total. The zero-order valence-electron chi connectivity index (χ0n) is 14.8. The zero-order valence-corrected chi connectivity index (χ0v) is 16.3. The second-order valence-electron chi connectivity index (χ2n) is 5.48. The summed E-state index contributed by atoms with van der Waals surface area (Å²) in [6, 6.07) is 9.13. The molecule has 0 radical (unpaired) electrons. The molecule has 0 fully saturated rings. The summed E-state index contributed by atoms with van der Waals surface area (Å²) in [7, 11) is 3.09. The summed E-state index contributed by atoms with van der Waals surface area (Å²) in [5.74, 6) is 0.574. The Morgan fingerprint density at radius 2 is 2.00 bits per heavy atom. The van der Waals surface area contributed by atoms with Gasteiger partial charge in [0.15, 0.2) is 5.13 Å². The van der Waals surface area contributed by atoms with Gasteiger partial charge in [-0.3, -0.25) is 20.2 Å². The fraction of sp³-hybridized carbons (Fsp3) is 0.111. The van der Waals surface area contributed by atoms with Crippen LogP contribution in [0.5, 0.6) is 11.5 Å². The zero-order chi connectivity index (χ0) is 20.3. The molecule has 0 unspecified atom stereocenters. The van der Waals surface area contributed by atoms with Gasteiger partial charge in [-0.05, 0) is 30.3 Å². The maximum absolute atomic E-state index is 12.5. The van der Waals surface area contributed by atoms with E-state index in [2.05, 4.69) is 10.3 Å². The molecule has 0 atom stereocenters. The number of nitrogens with one attached hydrogen (secondary N) is 1. The minimum atomic E-state index is -0.658. The molecule has 1 heterocycles. The number of nitrogens with zero attached hydrogens (tertiary/aromatic N) is 2. The molecule has 3 rings (SSSR count). The van der Waals surface area contributed by atoms with Gasteiger partial charge in [-0.15, -0.1) is 11.3 Å². The van der Waals surface area contributed by atoms with Gasteiger partial charge in [-0.1, -0.05) is 11.6 Å². The van der Waals surface area contributed by atoms with E-state index in [1.54, 1.807) is 37.8 Å². The monoisotopic (exact) mass is 419 g/mol. The minimum Gasteiger partial charge on any atom is -0.497 e. The number of hydrogen-bond acceptors (Lipinski definition) is 7. The molecule has 1 aromatic heterocycles. The van der Waals surface area contributed by atoms with Gasteiger partial charge >= 0.3 is 0 Å². The highest BCUT2D eigenvalue weighted by Gasteiger charge is 2.22. The smallest absolute Gasteiger partial charge is 0.283 e. The average Bonchev–Trinajstić information content (AvgIpc) is 3.15. The van der Waals surface area contributed by atoms with Crippen molar-refractivity contribution in [3.05, 3.63) is 62.5 Å². The number of rotatable bonds is 6. The molecule has 10 heteroatoms. The van der Waals surface area contributed by atoms with Crippen molar-refractivity contribution in [2.75, 3.05) is 19.5 Å². The molecular weight excluding hydrogens is 406 g/mol. The lowest BCUT2D eigenvalue weighted by Gasteiger charge is -2.08. The van der Waals surface area contributed by atoms with Crippen LogP contribution >= 0.6 is 22.9 Å². The van der Waals surface area contributed by atoms with E-state index in [1.165, 1.54) is 23.5 Å². The van der Waals surface area contributed by atoms with Crippen LogP contribution < -0.4 is 14.8 Å². The molecule has 28 heavy (non-hydrogen) atoms. The van der Waals surface area contributed by atoms with Crippen LogP contribution in [0.3, 0.4) is 0 Å². The Labute approximate surface area is 168 Å². The number of nitro groups is 1. The number of carbonyl (C=O) groups excluding carboxylic acids is 1. The summed E-state index contributed by atoms with van der Waals surface area (Å²) in [5.41, 5.74) is 0.777. The van der Waals surface area contributed by atoms with Crippen molar-refractivity contribution in [1.29, 1.82) is 0 Å². The predicted molar refractivity (Wildman–Crippen MR) is 107 cm³/mol. The van der Waals surface area contributed by atoms with Crippen LogP contribution in [0.25, 0.3) is 11.3 Å². The van der Waals surface area contributed by atoms with Gasteiger partial charge in [-0.25, -0.2) is 4.98 Å². The number of nitro benzene ring substituents is 1. The Bertz CT molecular complexity index is 1050. The second kappa shape index (κ2) is 8.24. The van der Waals surface area contributed by atoms with Gasteiger partial charge in [0.2, 0.25) is 0 Å². The number of hydrogen-bond donors (Lipinski definition) is 1. The van der Waals surface area contributed by atoms with E-state index in [1.807, 2.05) is 0 Å². The van der Waals surface area contributed by atoms with Crippen LogP contribution in [0.4, 0.5) is 10.8 Å². The van der Waals surface area contributed by atoms with Crippen molar-refractivity contribution in [1.82, 2.24) is 4.98 Å². The Morgan fingerprint density at radius 1 is 1.21 bits per heavy atom. The number of carbonyl (C=O) groups is 1. The number of halogens is 1. The third-order valence-corrected chi connectivity index (χ3v) is 4.80. The van der Waals surface area contributed by atoms with E-state index in [4.69, 9.17) is 21.1 Å². The number of aromatic nitrogens is 1. The first-order valence-corrected chi connectivity index (χ1v) is 9.12. The summed E-state index contributed by atoms with van der Waals surface area (Å²) in [5, 5.41) is 16.0. The van der Waals surface area contributed by atoms with Crippen LogP contribution in [0.15, 0.2) is 41.8 Å². The molecule has 144 valence electrons. The lowest BCUT2D eigenvalue weighted by Crippen LogP contribution is -2.13. The van der Waals surface area contributed by atoms with Gasteiger partial charge in [-0.2, -0.15) is 0 Å². The van der Waals surface area contributed by atoms with Crippen LogP contribution in [0, 0.1) is 10.1 Å². The molecule has 0 bridgehead atoms. The molecule has 0 aliphatic carbocycles. The van der Waals surface area contributed by atoms with Crippen molar-refractivity contribution >= 4 is 39.7 Å². The molecule has 3 aromatic rings. The predicted octanol–water partition coefficient (Wildman–Crippen LogP) is 4.64. The van der Waals surface area contributed by atoms with Crippen LogP contribution in [-0.4, -0.2) is 30.0 Å². The summed E-state index contributed by atoms with van der Waals surface area (Å²) >= 11 is 6.96. The van der Waals surface area contributed by atoms with Crippen molar-refractivity contribution in [3.8, 4) is 22.8 Å². The summed E-state index contributed by atoms with van der Waals surface area (Å²) in [6.07, 6.45) is 0. The topological polar surface area (TPSA) is 104 Å². The second-order valence-corrected chi connectivity index (χ2v) is 6.77. The Morgan fingerprint density at radius 3 is 2.68 bits per heavy atom. The Balaban J connectivity index is 1.88. The molecule has 2 aromatic carbocycles. The molecule has 0 aliphatic heterocycles. The van der Waals surface area contributed by atoms with Gasteiger partial charge < -0.3 is 9.47 Å². The van der Waals surface area contributed by atoms with Crippen molar-refractivity contribution < 1.29 is 19.2 Å². The molecule has 0 saturated heterocycles. The number of anilines is 1. The summed E-state index contributed by atoms with van der Waals surface area (Å²) in [6.45, 7) is 0. The van der Waals surface area contributed by atoms with E-state index in [-0.39, 0.29) is 21.4 Å². The maximum atomic E-state index is 12.5. The molecule has 1 amide bonds. The van der Waals surface area contributed by atoms with Gasteiger partial charge in [0, 0.05) is 22.0 Å². The van der Waals surface area contributed by atoms with E-state index in [9.17, 15) is 14.9 Å². The first kappa shape index (κ1) is 19.6. The van der Waals surface area contributed by atoms with Gasteiger partial charge in [0.1, 0.15) is 17.1 Å². The van der Waals surface area contributed by atoms with Crippen LogP contribution in [0.2, 0.25) is 5.02 Å². The number of thiazole rings is 1. The molecule has 0 saturated carbocycles. The maximum Gasteiger partial charge on any atom is 0.283 e. The highest BCUT2D eigenvalue weighted by Crippen LogP contribution is 2.35. The lowest BCUT2D eigenvalue weighted by atomic mass is 10.1. The Hall–Kier alpha value is -3.17. The van der Waals surface area contributed by atoms with Gasteiger partial charge in [0.05, 0.1) is 24.8 Å². The fourth-order valence-corrected chi connectivity index (χ4v) is 3.35. The molecule has 8 nitrogen and oxygen atoms in total. The quantitative estimate of drug-likeness (QED) is 0.461. The number of benzene rings is 2. The molecule has 0 aliphatic rings. The largest absolute Gasteiger partial charge is 0.497 e. The van der Waals surface area contributed by atoms with Crippen molar-refractivity contribution in [2.24, 2.45) is 0 Å². The molecular formula is C18H14ClN3O5S. The lowest BCUT2D eigenvalue weighted by molar-refractivity contribution is -0.385. The number of methoxy groups -OCH3 is 2. The Kier molecular flexibility index (Phi) is 5.76.